The van der Waals surface area contributed by atoms with E-state index in [-0.39, 0.29) is 48.1 Å². The van der Waals surface area contributed by atoms with Crippen LogP contribution in [0.15, 0.2) is 83.8 Å². The molecule has 0 unspecified atom stereocenters. The Morgan fingerprint density at radius 2 is 1.59 bits per heavy atom. The molecule has 0 fully saturated rings. The molecule has 3 aromatic carbocycles. The molecule has 0 saturated heterocycles. The predicted octanol–water partition coefficient (Wildman–Crippen LogP) is 3.02. The molecule has 1 heterocycles. The summed E-state index contributed by atoms with van der Waals surface area (Å²) in [6, 6.07) is 18.1. The van der Waals surface area contributed by atoms with Crippen molar-refractivity contribution in [2.45, 2.75) is 24.4 Å². The van der Waals surface area contributed by atoms with Crippen LogP contribution in [0.1, 0.15) is 17.0 Å². The number of sulfonamides is 1. The molecule has 7 nitrogen and oxygen atoms in total. The van der Waals surface area contributed by atoms with E-state index in [1.165, 1.54) is 16.8 Å². The van der Waals surface area contributed by atoms with Crippen molar-refractivity contribution in [3.05, 3.63) is 106 Å². The van der Waals surface area contributed by atoms with Crippen LogP contribution in [-0.4, -0.2) is 30.8 Å². The van der Waals surface area contributed by atoms with Crippen LogP contribution < -0.4 is 34.9 Å². The standard InChI is InChI=1S/C26H22F4N4O3S.Na/c1-17-23(19-7-3-2-4-8-19)24(26(28,29)30)32-34(17)20-13-11-18(12-14-20)15-16-31-25(35)33-38(36,37)22-10-6-5-9-21(22)27;/h2-14H,15-16H2,1H3,(H2,31,33,35);/q;+1/p-1. The average Bonchev–Trinajstić information content (AvgIpc) is 3.22. The fraction of sp³-hybridized carbons (Fsp3) is 0.154. The molecule has 0 atom stereocenters. The fourth-order valence-electron chi connectivity index (χ4n) is 3.86. The van der Waals surface area contributed by atoms with Crippen LogP contribution in [-0.2, 0) is 22.6 Å². The SMILES string of the molecule is Cc1c(-c2ccccc2)c(C(F)(F)F)nn1-c1ccc(CCNC(=O)[N-]S(=O)(=O)c2ccccc2F)cc1.[Na+]. The molecule has 0 bridgehead atoms. The number of nitrogens with zero attached hydrogens (tertiary/aromatic N) is 3. The summed E-state index contributed by atoms with van der Waals surface area (Å²) in [7, 11) is -4.51. The normalized spacial score (nSPS) is 11.5. The van der Waals surface area contributed by atoms with Gasteiger partial charge in [-0.3, -0.25) is 4.79 Å². The molecule has 0 spiro atoms. The Hall–Kier alpha value is -3.19. The third-order valence-corrected chi connectivity index (χ3v) is 6.93. The summed E-state index contributed by atoms with van der Waals surface area (Å²) in [6.45, 7) is 1.58. The summed E-state index contributed by atoms with van der Waals surface area (Å²) in [5.41, 5.74) is 0.865. The van der Waals surface area contributed by atoms with Gasteiger partial charge < -0.3 is 10.0 Å². The maximum atomic E-state index is 13.8. The number of hydrogen-bond donors (Lipinski definition) is 1. The van der Waals surface area contributed by atoms with E-state index in [1.54, 1.807) is 61.5 Å². The molecule has 0 radical (unpaired) electrons. The maximum absolute atomic E-state index is 13.8. The van der Waals surface area contributed by atoms with Crippen molar-refractivity contribution in [2.75, 3.05) is 6.54 Å². The number of carbonyl (C=O) groups excluding carboxylic acids is 1. The van der Waals surface area contributed by atoms with Crippen LogP contribution in [0.4, 0.5) is 22.4 Å². The van der Waals surface area contributed by atoms with Crippen molar-refractivity contribution in [3.8, 4) is 16.8 Å². The molecule has 1 aromatic heterocycles. The summed E-state index contributed by atoms with van der Waals surface area (Å²) in [6.07, 6.45) is -4.37. The van der Waals surface area contributed by atoms with Gasteiger partial charge in [-0.1, -0.05) is 54.6 Å². The third kappa shape index (κ3) is 7.07. The summed E-state index contributed by atoms with van der Waals surface area (Å²) < 4.78 is 83.5. The Morgan fingerprint density at radius 3 is 2.21 bits per heavy atom. The second kappa shape index (κ2) is 12.3. The van der Waals surface area contributed by atoms with E-state index < -0.39 is 38.6 Å². The zero-order valence-corrected chi connectivity index (χ0v) is 23.7. The Bertz CT molecular complexity index is 1560. The molecule has 2 amide bonds. The number of halogens is 4. The van der Waals surface area contributed by atoms with Gasteiger partial charge in [-0.05, 0) is 55.3 Å². The minimum atomic E-state index is -4.65. The molecule has 4 aromatic rings. The van der Waals surface area contributed by atoms with Crippen molar-refractivity contribution in [1.29, 1.82) is 0 Å². The van der Waals surface area contributed by atoms with E-state index >= 15 is 0 Å². The van der Waals surface area contributed by atoms with Crippen LogP contribution in [0.2, 0.25) is 0 Å². The Balaban J connectivity index is 0.00000420. The summed E-state index contributed by atoms with van der Waals surface area (Å²) >= 11 is 0. The monoisotopic (exact) mass is 568 g/mol. The van der Waals surface area contributed by atoms with Crippen LogP contribution in [0, 0.1) is 12.7 Å². The quantitative estimate of drug-likeness (QED) is 0.274. The third-order valence-electron chi connectivity index (χ3n) is 5.64. The van der Waals surface area contributed by atoms with E-state index in [0.29, 0.717) is 16.9 Å². The first-order chi connectivity index (χ1) is 18.0. The molecule has 39 heavy (non-hydrogen) atoms. The van der Waals surface area contributed by atoms with Gasteiger partial charge in [-0.2, -0.15) is 18.3 Å². The van der Waals surface area contributed by atoms with Crippen LogP contribution >= 0.6 is 0 Å². The maximum Gasteiger partial charge on any atom is 1.00 e. The Kier molecular flexibility index (Phi) is 9.60. The molecule has 0 aliphatic heterocycles. The fourth-order valence-corrected chi connectivity index (χ4v) is 4.81. The van der Waals surface area contributed by atoms with Gasteiger partial charge in [0.2, 0.25) is 10.0 Å². The van der Waals surface area contributed by atoms with E-state index in [9.17, 15) is 30.8 Å². The topological polar surface area (TPSA) is 95.2 Å². The second-order valence-corrected chi connectivity index (χ2v) is 9.80. The molecule has 13 heteroatoms. The number of benzene rings is 3. The van der Waals surface area contributed by atoms with E-state index in [2.05, 4.69) is 15.1 Å². The largest absolute Gasteiger partial charge is 1.00 e. The number of carbonyl (C=O) groups is 1. The van der Waals surface area contributed by atoms with Gasteiger partial charge in [0.25, 0.3) is 0 Å². The summed E-state index contributed by atoms with van der Waals surface area (Å²) in [4.78, 5) is 11.3. The van der Waals surface area contributed by atoms with Gasteiger partial charge in [-0.15, -0.1) is 0 Å². The van der Waals surface area contributed by atoms with Crippen molar-refractivity contribution in [2.24, 2.45) is 0 Å². The minimum absolute atomic E-state index is 0. The number of urea groups is 1. The molecule has 0 saturated carbocycles. The van der Waals surface area contributed by atoms with Crippen molar-refractivity contribution in [1.82, 2.24) is 15.1 Å². The van der Waals surface area contributed by atoms with Crippen molar-refractivity contribution in [3.63, 3.8) is 0 Å². The van der Waals surface area contributed by atoms with E-state index in [4.69, 9.17) is 0 Å². The van der Waals surface area contributed by atoms with Crippen LogP contribution in [0.5, 0.6) is 0 Å². The number of aromatic nitrogens is 2. The molecule has 0 aliphatic rings. The minimum Gasteiger partial charge on any atom is -0.448 e. The van der Waals surface area contributed by atoms with Gasteiger partial charge in [-0.25, -0.2) is 17.5 Å². The van der Waals surface area contributed by atoms with Gasteiger partial charge in [0, 0.05) is 11.3 Å². The van der Waals surface area contributed by atoms with E-state index in [0.717, 1.165) is 17.7 Å². The molecule has 198 valence electrons. The van der Waals surface area contributed by atoms with Crippen molar-refractivity contribution < 1.29 is 60.3 Å². The second-order valence-electron chi connectivity index (χ2n) is 8.23. The van der Waals surface area contributed by atoms with Gasteiger partial charge in [0.1, 0.15) is 10.7 Å². The first-order valence-electron chi connectivity index (χ1n) is 11.3. The molecule has 1 N–H and O–H groups in total. The number of amides is 2. The zero-order chi connectivity index (χ0) is 27.5. The number of rotatable bonds is 7. The smallest absolute Gasteiger partial charge is 0.448 e. The van der Waals surface area contributed by atoms with Crippen LogP contribution in [0.25, 0.3) is 21.5 Å². The molecular weight excluding hydrogens is 547 g/mol. The Labute approximate surface area is 244 Å². The first kappa shape index (κ1) is 30.4. The Morgan fingerprint density at radius 1 is 0.974 bits per heavy atom. The van der Waals surface area contributed by atoms with E-state index in [1.807, 2.05) is 0 Å². The molecule has 0 aliphatic carbocycles. The molecule has 4 rings (SSSR count). The number of hydrogen-bond acceptors (Lipinski definition) is 4. The zero-order valence-electron chi connectivity index (χ0n) is 20.9. The molecular formula is C26H21F4N4NaO3S. The van der Waals surface area contributed by atoms with Gasteiger partial charge in [0.15, 0.2) is 11.7 Å². The van der Waals surface area contributed by atoms with Gasteiger partial charge in [0.05, 0.1) is 5.69 Å². The summed E-state index contributed by atoms with van der Waals surface area (Å²) in [5, 5.41) is 6.17. The first-order valence-corrected chi connectivity index (χ1v) is 12.7. The van der Waals surface area contributed by atoms with Crippen molar-refractivity contribution >= 4 is 16.1 Å². The van der Waals surface area contributed by atoms with Gasteiger partial charge >= 0.3 is 35.7 Å². The number of nitrogens with one attached hydrogen (secondary N) is 1. The predicted molar refractivity (Wildman–Crippen MR) is 133 cm³/mol. The average molecular weight is 569 g/mol. The summed E-state index contributed by atoms with van der Waals surface area (Å²) in [5.74, 6) is -1.02. The van der Waals surface area contributed by atoms with Crippen LogP contribution in [0.3, 0.4) is 0 Å². The number of alkyl halides is 3.